The third kappa shape index (κ3) is 4.22. The van der Waals surface area contributed by atoms with Crippen molar-refractivity contribution in [2.24, 2.45) is 5.92 Å². The van der Waals surface area contributed by atoms with Gasteiger partial charge in [0.2, 0.25) is 0 Å². The zero-order chi connectivity index (χ0) is 16.2. The fourth-order valence-electron chi connectivity index (χ4n) is 3.28. The van der Waals surface area contributed by atoms with Crippen molar-refractivity contribution in [3.63, 3.8) is 0 Å². The number of nitrogens with zero attached hydrogens (tertiary/aromatic N) is 2. The Labute approximate surface area is 141 Å². The minimum Gasteiger partial charge on any atom is -0.381 e. The summed E-state index contributed by atoms with van der Waals surface area (Å²) in [6.45, 7) is 6.01. The Morgan fingerprint density at radius 1 is 1.30 bits per heavy atom. The Morgan fingerprint density at radius 3 is 2.91 bits per heavy atom. The number of carbonyl (C=O) groups is 1. The molecule has 0 N–H and O–H groups in total. The number of halogens is 2. The first-order valence-corrected chi connectivity index (χ1v) is 8.55. The quantitative estimate of drug-likeness (QED) is 0.848. The highest BCUT2D eigenvalue weighted by molar-refractivity contribution is 6.33. The predicted octanol–water partition coefficient (Wildman–Crippen LogP) is 2.66. The van der Waals surface area contributed by atoms with Gasteiger partial charge in [-0.15, -0.1) is 0 Å². The van der Waals surface area contributed by atoms with Crippen molar-refractivity contribution in [3.8, 4) is 0 Å². The Hall–Kier alpha value is -1.17. The molecule has 23 heavy (non-hydrogen) atoms. The summed E-state index contributed by atoms with van der Waals surface area (Å²) in [4.78, 5) is 16.9. The van der Waals surface area contributed by atoms with Gasteiger partial charge in [0.1, 0.15) is 5.82 Å². The predicted molar refractivity (Wildman–Crippen MR) is 87.3 cm³/mol. The standard InChI is InChI=1S/C17H22ClFN2O2/c18-16-10-14(19)2-3-15(16)17(22)21-6-1-5-20(7-8-21)11-13-4-9-23-12-13/h2-3,10,13H,1,4-9,11-12H2. The van der Waals surface area contributed by atoms with E-state index in [1.807, 2.05) is 4.90 Å². The molecule has 2 heterocycles. The van der Waals surface area contributed by atoms with Crippen LogP contribution in [-0.2, 0) is 4.74 Å². The molecule has 0 bridgehead atoms. The molecule has 0 aromatic heterocycles. The summed E-state index contributed by atoms with van der Waals surface area (Å²) in [5.74, 6) is 0.0808. The smallest absolute Gasteiger partial charge is 0.255 e. The van der Waals surface area contributed by atoms with Crippen molar-refractivity contribution >= 4 is 17.5 Å². The van der Waals surface area contributed by atoms with E-state index < -0.39 is 5.82 Å². The molecule has 0 spiro atoms. The lowest BCUT2D eigenvalue weighted by Gasteiger charge is -2.24. The summed E-state index contributed by atoms with van der Waals surface area (Å²) in [7, 11) is 0. The first kappa shape index (κ1) is 16.7. The number of rotatable bonds is 3. The average Bonchev–Trinajstić information content (AvgIpc) is 2.91. The van der Waals surface area contributed by atoms with Gasteiger partial charge >= 0.3 is 0 Å². The maximum Gasteiger partial charge on any atom is 0.255 e. The lowest BCUT2D eigenvalue weighted by atomic mass is 10.1. The van der Waals surface area contributed by atoms with E-state index in [2.05, 4.69) is 4.90 Å². The third-order valence-corrected chi connectivity index (χ3v) is 4.89. The van der Waals surface area contributed by atoms with E-state index in [9.17, 15) is 9.18 Å². The van der Waals surface area contributed by atoms with Gasteiger partial charge in [0.15, 0.2) is 0 Å². The molecule has 126 valence electrons. The van der Waals surface area contributed by atoms with E-state index in [0.29, 0.717) is 24.6 Å². The largest absolute Gasteiger partial charge is 0.381 e. The van der Waals surface area contributed by atoms with Crippen LogP contribution in [0.5, 0.6) is 0 Å². The molecule has 0 radical (unpaired) electrons. The van der Waals surface area contributed by atoms with E-state index in [0.717, 1.165) is 45.7 Å². The van der Waals surface area contributed by atoms with Crippen molar-refractivity contribution in [1.29, 1.82) is 0 Å². The van der Waals surface area contributed by atoms with Crippen LogP contribution in [-0.4, -0.2) is 61.6 Å². The molecular weight excluding hydrogens is 319 g/mol. The zero-order valence-corrected chi connectivity index (χ0v) is 13.9. The molecule has 2 aliphatic rings. The minimum absolute atomic E-state index is 0.110. The summed E-state index contributed by atoms with van der Waals surface area (Å²) in [5.41, 5.74) is 0.380. The van der Waals surface area contributed by atoms with Gasteiger partial charge in [-0.2, -0.15) is 0 Å². The van der Waals surface area contributed by atoms with Gasteiger partial charge in [0.05, 0.1) is 17.2 Å². The van der Waals surface area contributed by atoms with Crippen molar-refractivity contribution in [2.45, 2.75) is 12.8 Å². The lowest BCUT2D eigenvalue weighted by Crippen LogP contribution is -2.36. The average molecular weight is 341 g/mol. The molecule has 1 atom stereocenters. The van der Waals surface area contributed by atoms with Crippen LogP contribution < -0.4 is 0 Å². The van der Waals surface area contributed by atoms with Gasteiger partial charge < -0.3 is 14.5 Å². The Bertz CT molecular complexity index is 564. The third-order valence-electron chi connectivity index (χ3n) is 4.58. The molecule has 2 fully saturated rings. The van der Waals surface area contributed by atoms with Crippen LogP contribution in [0.2, 0.25) is 5.02 Å². The highest BCUT2D eigenvalue weighted by Crippen LogP contribution is 2.20. The van der Waals surface area contributed by atoms with E-state index in [1.54, 1.807) is 0 Å². The van der Waals surface area contributed by atoms with Crippen LogP contribution in [0.15, 0.2) is 18.2 Å². The number of hydrogen-bond acceptors (Lipinski definition) is 3. The van der Waals surface area contributed by atoms with Crippen LogP contribution in [0.1, 0.15) is 23.2 Å². The van der Waals surface area contributed by atoms with Crippen LogP contribution in [0.25, 0.3) is 0 Å². The normalized spacial score (nSPS) is 23.0. The van der Waals surface area contributed by atoms with Crippen molar-refractivity contribution < 1.29 is 13.9 Å². The lowest BCUT2D eigenvalue weighted by molar-refractivity contribution is 0.0760. The zero-order valence-electron chi connectivity index (χ0n) is 13.1. The summed E-state index contributed by atoms with van der Waals surface area (Å²) in [5, 5.41) is 0.180. The Balaban J connectivity index is 1.59. The molecule has 4 nitrogen and oxygen atoms in total. The maximum atomic E-state index is 13.1. The number of ether oxygens (including phenoxy) is 1. The summed E-state index contributed by atoms with van der Waals surface area (Å²) < 4.78 is 18.6. The summed E-state index contributed by atoms with van der Waals surface area (Å²) in [6.07, 6.45) is 2.07. The summed E-state index contributed by atoms with van der Waals surface area (Å²) in [6, 6.07) is 3.95. The second-order valence-electron chi connectivity index (χ2n) is 6.30. The van der Waals surface area contributed by atoms with Crippen LogP contribution >= 0.6 is 11.6 Å². The molecule has 0 aliphatic carbocycles. The van der Waals surface area contributed by atoms with E-state index in [4.69, 9.17) is 16.3 Å². The van der Waals surface area contributed by atoms with Gasteiger partial charge in [-0.05, 0) is 43.5 Å². The molecule has 1 aromatic rings. The van der Waals surface area contributed by atoms with Crippen molar-refractivity contribution in [2.75, 3.05) is 45.9 Å². The van der Waals surface area contributed by atoms with Gasteiger partial charge in [-0.3, -0.25) is 4.79 Å². The molecule has 1 unspecified atom stereocenters. The monoisotopic (exact) mass is 340 g/mol. The fourth-order valence-corrected chi connectivity index (χ4v) is 3.53. The first-order chi connectivity index (χ1) is 11.1. The van der Waals surface area contributed by atoms with Gasteiger partial charge in [0.25, 0.3) is 5.91 Å². The van der Waals surface area contributed by atoms with Crippen LogP contribution in [0, 0.1) is 11.7 Å². The molecule has 0 saturated carbocycles. The van der Waals surface area contributed by atoms with Crippen molar-refractivity contribution in [1.82, 2.24) is 9.80 Å². The summed E-state index contributed by atoms with van der Waals surface area (Å²) >= 11 is 6.01. The molecule has 2 aliphatic heterocycles. The minimum atomic E-state index is -0.424. The topological polar surface area (TPSA) is 32.8 Å². The molecule has 6 heteroatoms. The highest BCUT2D eigenvalue weighted by atomic mass is 35.5. The van der Waals surface area contributed by atoms with E-state index in [-0.39, 0.29) is 10.9 Å². The van der Waals surface area contributed by atoms with Gasteiger partial charge in [-0.25, -0.2) is 4.39 Å². The molecular formula is C17H22ClFN2O2. The first-order valence-electron chi connectivity index (χ1n) is 8.18. The van der Waals surface area contributed by atoms with E-state index in [1.165, 1.54) is 18.2 Å². The Kier molecular flexibility index (Phi) is 5.51. The molecule has 1 aromatic carbocycles. The molecule has 3 rings (SSSR count). The van der Waals surface area contributed by atoms with Crippen molar-refractivity contribution in [3.05, 3.63) is 34.6 Å². The number of amides is 1. The Morgan fingerprint density at radius 2 is 2.17 bits per heavy atom. The maximum absolute atomic E-state index is 13.1. The highest BCUT2D eigenvalue weighted by Gasteiger charge is 2.24. The van der Waals surface area contributed by atoms with Gasteiger partial charge in [0, 0.05) is 32.8 Å². The van der Waals surface area contributed by atoms with E-state index >= 15 is 0 Å². The van der Waals surface area contributed by atoms with Crippen LogP contribution in [0.3, 0.4) is 0 Å². The number of hydrogen-bond donors (Lipinski definition) is 0. The van der Waals surface area contributed by atoms with Crippen LogP contribution in [0.4, 0.5) is 4.39 Å². The second kappa shape index (κ2) is 7.60. The SMILES string of the molecule is O=C(c1ccc(F)cc1Cl)N1CCCN(CC2CCOC2)CC1. The molecule has 2 saturated heterocycles. The molecule has 1 amide bonds. The fraction of sp³-hybridized carbons (Fsp3) is 0.588. The number of benzene rings is 1. The second-order valence-corrected chi connectivity index (χ2v) is 6.71. The van der Waals surface area contributed by atoms with Gasteiger partial charge in [-0.1, -0.05) is 11.6 Å². The number of carbonyl (C=O) groups excluding carboxylic acids is 1.